The van der Waals surface area contributed by atoms with Crippen LogP contribution in [-0.4, -0.2) is 34.1 Å². The van der Waals surface area contributed by atoms with Gasteiger partial charge in [0.2, 0.25) is 0 Å². The van der Waals surface area contributed by atoms with E-state index in [2.05, 4.69) is 33.1 Å². The molecule has 1 aliphatic rings. The first-order valence-corrected chi connectivity index (χ1v) is 13.2. The lowest BCUT2D eigenvalue weighted by molar-refractivity contribution is -0.137. The summed E-state index contributed by atoms with van der Waals surface area (Å²) in [6.45, 7) is 1.08. The Kier molecular flexibility index (Phi) is 7.17. The summed E-state index contributed by atoms with van der Waals surface area (Å²) in [5, 5.41) is 1.69. The van der Waals surface area contributed by atoms with E-state index < -0.39 is 11.7 Å². The van der Waals surface area contributed by atoms with Crippen molar-refractivity contribution in [2.75, 3.05) is 18.0 Å². The quantitative estimate of drug-likeness (QED) is 0.284. The lowest BCUT2D eigenvalue weighted by Gasteiger charge is -2.26. The molecule has 2 N–H and O–H groups in total. The first kappa shape index (κ1) is 24.6. The molecule has 1 atom stereocenters. The monoisotopic (exact) mass is 527 g/mol. The minimum atomic E-state index is -4.38. The Morgan fingerprint density at radius 3 is 2.78 bits per heavy atom. The molecule has 0 radical (unpaired) electrons. The van der Waals surface area contributed by atoms with Crippen LogP contribution in [-0.2, 0) is 12.6 Å². The SMILES string of the molecule is N[C@@H](Cc1cccc(C(F)(F)F)c1)CN(CC1=CCCC=C1)c1ncc(-c2nc3ccncc3s2)s1. The summed E-state index contributed by atoms with van der Waals surface area (Å²) in [4.78, 5) is 16.6. The van der Waals surface area contributed by atoms with Crippen LogP contribution < -0.4 is 10.6 Å². The zero-order valence-corrected chi connectivity index (χ0v) is 20.9. The standard InChI is InChI=1S/C26H24F3N5S2/c27-26(28,29)19-8-4-7-18(11-19)12-20(30)16-34(15-17-5-2-1-3-6-17)25-32-14-23(36-25)24-33-21-9-10-31-13-22(21)35-24/h2,4-11,13-14,20H,1,3,12,15-16,30H2/t20-/m0/s1. The number of nitrogens with two attached hydrogens (primary N) is 1. The predicted octanol–water partition coefficient (Wildman–Crippen LogP) is 6.49. The highest BCUT2D eigenvalue weighted by Gasteiger charge is 2.30. The van der Waals surface area contributed by atoms with Gasteiger partial charge in [-0.05, 0) is 42.5 Å². The highest BCUT2D eigenvalue weighted by molar-refractivity contribution is 7.26. The van der Waals surface area contributed by atoms with Crippen LogP contribution in [0.2, 0.25) is 0 Å². The number of rotatable bonds is 8. The topological polar surface area (TPSA) is 67.9 Å². The number of thiazole rings is 2. The first-order chi connectivity index (χ1) is 17.3. The van der Waals surface area contributed by atoms with Crippen molar-refractivity contribution in [2.45, 2.75) is 31.5 Å². The number of anilines is 1. The molecular weight excluding hydrogens is 503 g/mol. The Hall–Kier alpha value is -3.08. The van der Waals surface area contributed by atoms with Crippen molar-refractivity contribution in [2.24, 2.45) is 5.73 Å². The van der Waals surface area contributed by atoms with Gasteiger partial charge < -0.3 is 10.6 Å². The van der Waals surface area contributed by atoms with E-state index in [9.17, 15) is 13.2 Å². The molecule has 0 aliphatic heterocycles. The molecule has 0 amide bonds. The number of fused-ring (bicyclic) bond motifs is 1. The third-order valence-corrected chi connectivity index (χ3v) is 8.05. The van der Waals surface area contributed by atoms with E-state index in [0.717, 1.165) is 44.1 Å². The summed E-state index contributed by atoms with van der Waals surface area (Å²) in [6.07, 6.45) is 9.79. The Morgan fingerprint density at radius 2 is 2.00 bits per heavy atom. The van der Waals surface area contributed by atoms with Gasteiger partial charge >= 0.3 is 6.18 Å². The number of nitrogens with zero attached hydrogens (tertiary/aromatic N) is 4. The number of benzene rings is 1. The summed E-state index contributed by atoms with van der Waals surface area (Å²) in [7, 11) is 0. The predicted molar refractivity (Wildman–Crippen MR) is 140 cm³/mol. The number of pyridine rings is 1. The molecule has 3 aromatic heterocycles. The maximum absolute atomic E-state index is 13.1. The smallest absolute Gasteiger partial charge is 0.342 e. The highest BCUT2D eigenvalue weighted by Crippen LogP contribution is 2.36. The molecule has 5 nitrogen and oxygen atoms in total. The van der Waals surface area contributed by atoms with Crippen molar-refractivity contribution < 1.29 is 13.2 Å². The van der Waals surface area contributed by atoms with Crippen LogP contribution in [0.25, 0.3) is 20.1 Å². The molecule has 0 saturated heterocycles. The van der Waals surface area contributed by atoms with Crippen molar-refractivity contribution in [1.82, 2.24) is 15.0 Å². The molecule has 5 rings (SSSR count). The van der Waals surface area contributed by atoms with Crippen LogP contribution >= 0.6 is 22.7 Å². The molecule has 1 aliphatic carbocycles. The van der Waals surface area contributed by atoms with Crippen molar-refractivity contribution >= 4 is 38.0 Å². The normalized spacial score (nSPS) is 14.7. The van der Waals surface area contributed by atoms with Gasteiger partial charge in [0, 0.05) is 31.5 Å². The van der Waals surface area contributed by atoms with Crippen molar-refractivity contribution in [3.05, 3.63) is 83.9 Å². The average Bonchev–Trinajstić information content (AvgIpc) is 3.51. The number of hydrogen-bond acceptors (Lipinski definition) is 7. The van der Waals surface area contributed by atoms with E-state index in [1.54, 1.807) is 29.8 Å². The molecule has 0 unspecified atom stereocenters. The van der Waals surface area contributed by atoms with Gasteiger partial charge in [-0.2, -0.15) is 13.2 Å². The summed E-state index contributed by atoms with van der Waals surface area (Å²) < 4.78 is 40.4. The molecule has 0 bridgehead atoms. The fraction of sp³-hybridized carbons (Fsp3) is 0.269. The molecule has 0 saturated carbocycles. The van der Waals surface area contributed by atoms with E-state index in [0.29, 0.717) is 25.1 Å². The lowest BCUT2D eigenvalue weighted by atomic mass is 10.0. The number of hydrogen-bond donors (Lipinski definition) is 1. The maximum Gasteiger partial charge on any atom is 0.416 e. The van der Waals surface area contributed by atoms with Gasteiger partial charge in [0.15, 0.2) is 5.13 Å². The first-order valence-electron chi connectivity index (χ1n) is 11.5. The third-order valence-electron chi connectivity index (χ3n) is 5.82. The van der Waals surface area contributed by atoms with E-state index in [-0.39, 0.29) is 6.04 Å². The van der Waals surface area contributed by atoms with Gasteiger partial charge in [0.25, 0.3) is 0 Å². The second-order valence-corrected chi connectivity index (χ2v) is 10.7. The van der Waals surface area contributed by atoms with Crippen molar-refractivity contribution in [1.29, 1.82) is 0 Å². The van der Waals surface area contributed by atoms with Crippen LogP contribution in [0.4, 0.5) is 18.3 Å². The largest absolute Gasteiger partial charge is 0.416 e. The summed E-state index contributed by atoms with van der Waals surface area (Å²) in [6, 6.07) is 6.90. The molecule has 3 heterocycles. The maximum atomic E-state index is 13.1. The molecule has 0 spiro atoms. The van der Waals surface area contributed by atoms with Crippen LogP contribution in [0.1, 0.15) is 24.0 Å². The van der Waals surface area contributed by atoms with E-state index >= 15 is 0 Å². The van der Waals surface area contributed by atoms with Crippen molar-refractivity contribution in [3.8, 4) is 9.88 Å². The van der Waals surface area contributed by atoms with Crippen LogP contribution in [0.5, 0.6) is 0 Å². The molecule has 1 aromatic carbocycles. The van der Waals surface area contributed by atoms with Gasteiger partial charge in [-0.1, -0.05) is 47.8 Å². The van der Waals surface area contributed by atoms with E-state index in [4.69, 9.17) is 10.7 Å². The fourth-order valence-corrected chi connectivity index (χ4v) is 6.03. The zero-order chi connectivity index (χ0) is 25.1. The minimum absolute atomic E-state index is 0.332. The third kappa shape index (κ3) is 5.83. The van der Waals surface area contributed by atoms with Gasteiger partial charge in [0.1, 0.15) is 5.01 Å². The van der Waals surface area contributed by atoms with Gasteiger partial charge in [0.05, 0.1) is 26.9 Å². The average molecular weight is 528 g/mol. The number of alkyl halides is 3. The van der Waals surface area contributed by atoms with Crippen molar-refractivity contribution in [3.63, 3.8) is 0 Å². The zero-order valence-electron chi connectivity index (χ0n) is 19.3. The second-order valence-electron chi connectivity index (χ2n) is 8.67. The summed E-state index contributed by atoms with van der Waals surface area (Å²) in [5.41, 5.74) is 8.46. The molecule has 36 heavy (non-hydrogen) atoms. The van der Waals surface area contributed by atoms with Crippen LogP contribution in [0.15, 0.2) is 72.7 Å². The highest BCUT2D eigenvalue weighted by atomic mass is 32.1. The Labute approximate surface area is 214 Å². The molecule has 10 heteroatoms. The molecular formula is C26H24F3N5S2. The number of aromatic nitrogens is 3. The second kappa shape index (κ2) is 10.5. The Morgan fingerprint density at radius 1 is 1.11 bits per heavy atom. The van der Waals surface area contributed by atoms with E-state index in [1.807, 2.05) is 12.3 Å². The fourth-order valence-electron chi connectivity index (χ4n) is 4.14. The van der Waals surface area contributed by atoms with Gasteiger partial charge in [-0.3, -0.25) is 4.98 Å². The summed E-state index contributed by atoms with van der Waals surface area (Å²) >= 11 is 3.11. The van der Waals surface area contributed by atoms with Gasteiger partial charge in [-0.15, -0.1) is 11.3 Å². The molecule has 0 fully saturated rings. The molecule has 4 aromatic rings. The number of halogens is 3. The van der Waals surface area contributed by atoms with Crippen LogP contribution in [0, 0.1) is 0 Å². The summed E-state index contributed by atoms with van der Waals surface area (Å²) in [5.74, 6) is 0. The Balaban J connectivity index is 1.36. The van der Waals surface area contributed by atoms with E-state index in [1.165, 1.54) is 29.0 Å². The van der Waals surface area contributed by atoms with Crippen LogP contribution in [0.3, 0.4) is 0 Å². The Bertz CT molecular complexity index is 1370. The molecule has 186 valence electrons. The minimum Gasteiger partial charge on any atom is -0.342 e. The van der Waals surface area contributed by atoms with Gasteiger partial charge in [-0.25, -0.2) is 9.97 Å². The lowest BCUT2D eigenvalue weighted by Crippen LogP contribution is -2.40. The number of allylic oxidation sites excluding steroid dienone is 2.